The number of piperazine rings is 1. The molecule has 0 bridgehead atoms. The Labute approximate surface area is 212 Å². The van der Waals surface area contributed by atoms with Gasteiger partial charge in [0.2, 0.25) is 0 Å². The number of hydrogen-bond acceptors (Lipinski definition) is 7. The van der Waals surface area contributed by atoms with Crippen molar-refractivity contribution in [2.45, 2.75) is 19.9 Å². The van der Waals surface area contributed by atoms with E-state index in [-0.39, 0.29) is 12.6 Å². The largest absolute Gasteiger partial charge is 0.493 e. The van der Waals surface area contributed by atoms with Crippen LogP contribution in [0.3, 0.4) is 0 Å². The first kappa shape index (κ1) is 25.4. The molecule has 1 fully saturated rings. The fourth-order valence-electron chi connectivity index (χ4n) is 4.61. The van der Waals surface area contributed by atoms with Crippen LogP contribution in [0.15, 0.2) is 59.8 Å². The van der Waals surface area contributed by atoms with E-state index >= 15 is 0 Å². The van der Waals surface area contributed by atoms with Gasteiger partial charge in [-0.25, -0.2) is 9.59 Å². The first-order valence-corrected chi connectivity index (χ1v) is 12.3. The Balaban J connectivity index is 1.60. The van der Waals surface area contributed by atoms with Crippen LogP contribution in [0.1, 0.15) is 25.5 Å². The van der Waals surface area contributed by atoms with Crippen LogP contribution < -0.4 is 25.0 Å². The quantitative estimate of drug-likeness (QED) is 0.518. The highest BCUT2D eigenvalue weighted by atomic mass is 16.5. The van der Waals surface area contributed by atoms with Crippen LogP contribution in [0.4, 0.5) is 10.5 Å². The fraction of sp³-hybridized carbons (Fsp3) is 0.407. The second kappa shape index (κ2) is 11.8. The summed E-state index contributed by atoms with van der Waals surface area (Å²) in [7, 11) is 1.56. The average molecular weight is 495 g/mol. The second-order valence-corrected chi connectivity index (χ2v) is 8.59. The fourth-order valence-corrected chi connectivity index (χ4v) is 4.61. The zero-order valence-electron chi connectivity index (χ0n) is 21.1. The van der Waals surface area contributed by atoms with E-state index in [1.54, 1.807) is 26.2 Å². The number of urea groups is 1. The molecule has 2 aromatic carbocycles. The number of anilines is 1. The maximum absolute atomic E-state index is 13.1. The lowest BCUT2D eigenvalue weighted by atomic mass is 9.94. The van der Waals surface area contributed by atoms with Crippen molar-refractivity contribution in [2.75, 3.05) is 57.9 Å². The number of esters is 1. The number of methoxy groups -OCH3 is 1. The molecule has 2 aliphatic heterocycles. The standard InChI is InChI=1S/C27H34N4O5/c1-4-35-22-12-11-19(17-23(22)34-3)25-24(26(32)36-5-2)21(28-27(33)29-25)18-30-13-15-31(16-14-30)20-9-7-6-8-10-20/h6-12,17,25H,4-5,13-16,18H2,1-3H3,(H2,28,29,33)/t25-/m1/s1. The van der Waals surface area contributed by atoms with Gasteiger partial charge < -0.3 is 29.7 Å². The maximum atomic E-state index is 13.1. The topological polar surface area (TPSA) is 92.4 Å². The smallest absolute Gasteiger partial charge is 0.338 e. The van der Waals surface area contributed by atoms with Gasteiger partial charge in [-0.1, -0.05) is 24.3 Å². The number of carbonyl (C=O) groups excluding carboxylic acids is 2. The maximum Gasteiger partial charge on any atom is 0.338 e. The van der Waals surface area contributed by atoms with Gasteiger partial charge in [0, 0.05) is 44.1 Å². The highest BCUT2D eigenvalue weighted by Gasteiger charge is 2.35. The molecule has 9 nitrogen and oxygen atoms in total. The molecular weight excluding hydrogens is 460 g/mol. The van der Waals surface area contributed by atoms with Gasteiger partial charge in [0.05, 0.1) is 31.9 Å². The number of benzene rings is 2. The number of amides is 2. The van der Waals surface area contributed by atoms with Crippen molar-refractivity contribution in [1.82, 2.24) is 15.5 Å². The van der Waals surface area contributed by atoms with Gasteiger partial charge in [0.1, 0.15) is 0 Å². The van der Waals surface area contributed by atoms with Crippen molar-refractivity contribution in [1.29, 1.82) is 0 Å². The molecule has 36 heavy (non-hydrogen) atoms. The van der Waals surface area contributed by atoms with Crippen molar-refractivity contribution in [3.63, 3.8) is 0 Å². The van der Waals surface area contributed by atoms with Crippen molar-refractivity contribution in [3.8, 4) is 11.5 Å². The molecule has 4 rings (SSSR count). The van der Waals surface area contributed by atoms with Gasteiger partial charge in [-0.3, -0.25) is 4.90 Å². The second-order valence-electron chi connectivity index (χ2n) is 8.59. The lowest BCUT2D eigenvalue weighted by Gasteiger charge is -2.38. The Kier molecular flexibility index (Phi) is 8.32. The first-order chi connectivity index (χ1) is 17.5. The van der Waals surface area contributed by atoms with E-state index in [9.17, 15) is 9.59 Å². The van der Waals surface area contributed by atoms with Gasteiger partial charge in [0.15, 0.2) is 11.5 Å². The minimum atomic E-state index is -0.678. The number of nitrogens with one attached hydrogen (secondary N) is 2. The molecule has 9 heteroatoms. The number of hydrogen-bond donors (Lipinski definition) is 2. The van der Waals surface area contributed by atoms with E-state index in [0.717, 1.165) is 26.2 Å². The molecule has 0 unspecified atom stereocenters. The Morgan fingerprint density at radius 3 is 2.42 bits per heavy atom. The Morgan fingerprint density at radius 1 is 1.00 bits per heavy atom. The molecule has 0 aliphatic carbocycles. The van der Waals surface area contributed by atoms with Crippen LogP contribution in [-0.4, -0.2) is 69.9 Å². The number of rotatable bonds is 9. The van der Waals surface area contributed by atoms with E-state index in [1.807, 2.05) is 31.2 Å². The molecule has 1 atom stereocenters. The van der Waals surface area contributed by atoms with E-state index in [2.05, 4.69) is 32.6 Å². The Bertz CT molecular complexity index is 1100. The van der Waals surface area contributed by atoms with Crippen LogP contribution in [0.2, 0.25) is 0 Å². The summed E-state index contributed by atoms with van der Waals surface area (Å²) in [5.74, 6) is 0.673. The molecule has 0 aromatic heterocycles. The van der Waals surface area contributed by atoms with Crippen molar-refractivity contribution in [2.24, 2.45) is 0 Å². The highest BCUT2D eigenvalue weighted by molar-refractivity contribution is 5.95. The number of para-hydroxylation sites is 1. The predicted octanol–water partition coefficient (Wildman–Crippen LogP) is 3.09. The van der Waals surface area contributed by atoms with Crippen LogP contribution >= 0.6 is 0 Å². The molecule has 192 valence electrons. The molecule has 2 aliphatic rings. The zero-order valence-corrected chi connectivity index (χ0v) is 21.1. The zero-order chi connectivity index (χ0) is 25.5. The third kappa shape index (κ3) is 5.73. The van der Waals surface area contributed by atoms with E-state index in [0.29, 0.717) is 41.5 Å². The summed E-state index contributed by atoms with van der Waals surface area (Å²) in [4.78, 5) is 30.4. The third-order valence-corrected chi connectivity index (χ3v) is 6.35. The molecule has 2 N–H and O–H groups in total. The molecule has 2 aromatic rings. The average Bonchev–Trinajstić information content (AvgIpc) is 2.90. The monoisotopic (exact) mass is 494 g/mol. The van der Waals surface area contributed by atoms with Crippen LogP contribution in [0.25, 0.3) is 0 Å². The number of ether oxygens (including phenoxy) is 3. The minimum Gasteiger partial charge on any atom is -0.493 e. The molecule has 2 heterocycles. The summed E-state index contributed by atoms with van der Waals surface area (Å²) in [6, 6.07) is 14.7. The lowest BCUT2D eigenvalue weighted by Crippen LogP contribution is -2.51. The van der Waals surface area contributed by atoms with Gasteiger partial charge in [0.25, 0.3) is 0 Å². The molecule has 0 radical (unpaired) electrons. The van der Waals surface area contributed by atoms with E-state index < -0.39 is 12.0 Å². The molecule has 1 saturated heterocycles. The van der Waals surface area contributed by atoms with E-state index in [4.69, 9.17) is 14.2 Å². The van der Waals surface area contributed by atoms with Gasteiger partial charge >= 0.3 is 12.0 Å². The van der Waals surface area contributed by atoms with Crippen molar-refractivity contribution < 1.29 is 23.8 Å². The summed E-state index contributed by atoms with van der Waals surface area (Å²) in [5, 5.41) is 5.76. The minimum absolute atomic E-state index is 0.235. The van der Waals surface area contributed by atoms with Gasteiger partial charge in [-0.2, -0.15) is 0 Å². The first-order valence-electron chi connectivity index (χ1n) is 12.3. The van der Waals surface area contributed by atoms with Crippen molar-refractivity contribution in [3.05, 3.63) is 65.4 Å². The summed E-state index contributed by atoms with van der Waals surface area (Å²) >= 11 is 0. The Morgan fingerprint density at radius 2 is 1.75 bits per heavy atom. The van der Waals surface area contributed by atoms with Gasteiger partial charge in [-0.05, 0) is 43.7 Å². The summed E-state index contributed by atoms with van der Waals surface area (Å²) in [6.45, 7) is 8.16. The summed E-state index contributed by atoms with van der Waals surface area (Å²) < 4.78 is 16.5. The number of nitrogens with zero attached hydrogens (tertiary/aromatic N) is 2. The lowest BCUT2D eigenvalue weighted by molar-refractivity contribution is -0.139. The molecule has 0 spiro atoms. The third-order valence-electron chi connectivity index (χ3n) is 6.35. The van der Waals surface area contributed by atoms with Gasteiger partial charge in [-0.15, -0.1) is 0 Å². The molecule has 0 saturated carbocycles. The normalized spacial score (nSPS) is 18.4. The summed E-state index contributed by atoms with van der Waals surface area (Å²) in [5.41, 5.74) is 2.86. The number of carbonyl (C=O) groups is 2. The molecular formula is C27H34N4O5. The van der Waals surface area contributed by atoms with Crippen LogP contribution in [0.5, 0.6) is 11.5 Å². The van der Waals surface area contributed by atoms with Crippen LogP contribution in [-0.2, 0) is 9.53 Å². The van der Waals surface area contributed by atoms with Crippen molar-refractivity contribution >= 4 is 17.7 Å². The van der Waals surface area contributed by atoms with E-state index in [1.165, 1.54) is 5.69 Å². The highest BCUT2D eigenvalue weighted by Crippen LogP contribution is 2.35. The Hall–Kier alpha value is -3.72. The summed E-state index contributed by atoms with van der Waals surface area (Å²) in [6.07, 6.45) is 0. The van der Waals surface area contributed by atoms with Crippen LogP contribution in [0, 0.1) is 0 Å². The molecule has 2 amide bonds. The predicted molar refractivity (Wildman–Crippen MR) is 137 cm³/mol. The SMILES string of the molecule is CCOC(=O)C1=C(CN2CCN(c3ccccc3)CC2)NC(=O)N[C@@H]1c1ccc(OCC)c(OC)c1.